The Labute approximate surface area is 195 Å². The van der Waals surface area contributed by atoms with Crippen molar-refractivity contribution < 1.29 is 14.3 Å². The van der Waals surface area contributed by atoms with Gasteiger partial charge in [0.15, 0.2) is 11.5 Å². The van der Waals surface area contributed by atoms with Gasteiger partial charge in [-0.3, -0.25) is 4.79 Å². The van der Waals surface area contributed by atoms with Crippen molar-refractivity contribution in [2.45, 2.75) is 33.8 Å². The number of amides is 1. The number of carbonyl (C=O) groups excluding carboxylic acids is 1. The maximum Gasteiger partial charge on any atom is 0.266 e. The molecule has 0 radical (unpaired) electrons. The van der Waals surface area contributed by atoms with Gasteiger partial charge in [0.1, 0.15) is 18.2 Å². The number of nitrogens with zero attached hydrogens (tertiary/aromatic N) is 1. The number of methoxy groups -OCH3 is 1. The first kappa shape index (κ1) is 23.6. The third-order valence-corrected chi connectivity index (χ3v) is 5.19. The molecule has 0 saturated heterocycles. The van der Waals surface area contributed by atoms with Gasteiger partial charge in [0, 0.05) is 5.69 Å². The highest BCUT2D eigenvalue weighted by atomic mass is 16.5. The van der Waals surface area contributed by atoms with Gasteiger partial charge in [-0.05, 0) is 61.2 Å². The fourth-order valence-corrected chi connectivity index (χ4v) is 3.66. The van der Waals surface area contributed by atoms with Crippen LogP contribution in [-0.2, 0) is 17.8 Å². The second kappa shape index (κ2) is 11.0. The van der Waals surface area contributed by atoms with Gasteiger partial charge in [-0.2, -0.15) is 5.26 Å². The standard InChI is InChI=1S/C28H28N2O3/c1-5-23-8-6-7-9-25(23)30-28(31)24(17-29)15-21-10-11-26(27(16-21)32-4)33-18-22-13-19(2)12-20(3)14-22/h6-16H,5,18H2,1-4H3,(H,30,31)/b24-15+. The molecule has 3 aromatic rings. The van der Waals surface area contributed by atoms with E-state index in [-0.39, 0.29) is 5.57 Å². The number of rotatable bonds is 8. The first-order valence-corrected chi connectivity index (χ1v) is 10.8. The van der Waals surface area contributed by atoms with Crippen molar-refractivity contribution in [3.05, 3.63) is 94.1 Å². The normalized spacial score (nSPS) is 10.9. The van der Waals surface area contributed by atoms with Gasteiger partial charge in [0.05, 0.1) is 7.11 Å². The summed E-state index contributed by atoms with van der Waals surface area (Å²) in [5, 5.41) is 12.4. The van der Waals surface area contributed by atoms with Crippen molar-refractivity contribution in [1.29, 1.82) is 5.26 Å². The van der Waals surface area contributed by atoms with E-state index in [2.05, 4.69) is 37.4 Å². The minimum absolute atomic E-state index is 0.00636. The summed E-state index contributed by atoms with van der Waals surface area (Å²) in [6, 6.07) is 21.2. The molecule has 0 heterocycles. The zero-order valence-corrected chi connectivity index (χ0v) is 19.4. The van der Waals surface area contributed by atoms with Crippen LogP contribution in [0.25, 0.3) is 6.08 Å². The van der Waals surface area contributed by atoms with Crippen LogP contribution in [0, 0.1) is 25.2 Å². The predicted octanol–water partition coefficient (Wildman–Crippen LogP) is 6.00. The van der Waals surface area contributed by atoms with Crippen molar-refractivity contribution in [2.75, 3.05) is 12.4 Å². The van der Waals surface area contributed by atoms with Crippen LogP contribution >= 0.6 is 0 Å². The molecule has 0 aromatic heterocycles. The second-order valence-corrected chi connectivity index (χ2v) is 7.83. The molecule has 0 aliphatic carbocycles. The molecule has 168 valence electrons. The Morgan fingerprint density at radius 2 is 1.76 bits per heavy atom. The van der Waals surface area contributed by atoms with Crippen molar-refractivity contribution in [3.8, 4) is 17.6 Å². The summed E-state index contributed by atoms with van der Waals surface area (Å²) in [7, 11) is 1.56. The third kappa shape index (κ3) is 6.24. The first-order chi connectivity index (χ1) is 15.9. The lowest BCUT2D eigenvalue weighted by Gasteiger charge is -2.12. The van der Waals surface area contributed by atoms with Crippen LogP contribution in [0.3, 0.4) is 0 Å². The Hall–Kier alpha value is -4.04. The van der Waals surface area contributed by atoms with Gasteiger partial charge in [0.25, 0.3) is 5.91 Å². The van der Waals surface area contributed by atoms with Gasteiger partial charge < -0.3 is 14.8 Å². The van der Waals surface area contributed by atoms with E-state index >= 15 is 0 Å². The molecule has 0 aliphatic rings. The number of benzene rings is 3. The highest BCUT2D eigenvalue weighted by Gasteiger charge is 2.13. The van der Waals surface area contributed by atoms with Gasteiger partial charge in [-0.25, -0.2) is 0 Å². The van der Waals surface area contributed by atoms with E-state index in [1.54, 1.807) is 31.4 Å². The van der Waals surface area contributed by atoms with E-state index in [1.807, 2.05) is 37.3 Å². The summed E-state index contributed by atoms with van der Waals surface area (Å²) >= 11 is 0. The molecule has 0 saturated carbocycles. The van der Waals surface area contributed by atoms with E-state index in [4.69, 9.17) is 9.47 Å². The lowest BCUT2D eigenvalue weighted by atomic mass is 10.1. The van der Waals surface area contributed by atoms with Crippen LogP contribution in [0.2, 0.25) is 0 Å². The molecule has 0 spiro atoms. The van der Waals surface area contributed by atoms with E-state index in [9.17, 15) is 10.1 Å². The van der Waals surface area contributed by atoms with Gasteiger partial charge in [0.2, 0.25) is 0 Å². The molecule has 3 rings (SSSR count). The molecule has 3 aromatic carbocycles. The van der Waals surface area contributed by atoms with E-state index < -0.39 is 5.91 Å². The summed E-state index contributed by atoms with van der Waals surface area (Å²) < 4.78 is 11.5. The molecule has 5 heteroatoms. The molecule has 5 nitrogen and oxygen atoms in total. The summed E-state index contributed by atoms with van der Waals surface area (Å²) in [6.07, 6.45) is 2.32. The minimum atomic E-state index is -0.451. The number of hydrogen-bond acceptors (Lipinski definition) is 4. The fourth-order valence-electron chi connectivity index (χ4n) is 3.66. The van der Waals surface area contributed by atoms with E-state index in [1.165, 1.54) is 11.1 Å². The van der Waals surface area contributed by atoms with Crippen molar-refractivity contribution >= 4 is 17.7 Å². The predicted molar refractivity (Wildman–Crippen MR) is 131 cm³/mol. The second-order valence-electron chi connectivity index (χ2n) is 7.83. The molecule has 0 atom stereocenters. The molecule has 0 bridgehead atoms. The van der Waals surface area contributed by atoms with Gasteiger partial charge >= 0.3 is 0 Å². The molecule has 0 fully saturated rings. The monoisotopic (exact) mass is 440 g/mol. The quantitative estimate of drug-likeness (QED) is 0.344. The average Bonchev–Trinajstić information content (AvgIpc) is 2.81. The zero-order chi connectivity index (χ0) is 23.8. The van der Waals surface area contributed by atoms with Crippen molar-refractivity contribution in [2.24, 2.45) is 0 Å². The van der Waals surface area contributed by atoms with E-state index in [0.29, 0.717) is 29.4 Å². The smallest absolute Gasteiger partial charge is 0.266 e. The molecule has 1 N–H and O–H groups in total. The number of aryl methyl sites for hydroxylation is 3. The van der Waals surface area contributed by atoms with Crippen LogP contribution in [0.1, 0.15) is 34.7 Å². The number of para-hydroxylation sites is 1. The molecule has 1 amide bonds. The van der Waals surface area contributed by atoms with Crippen LogP contribution in [0.5, 0.6) is 11.5 Å². The summed E-state index contributed by atoms with van der Waals surface area (Å²) in [4.78, 5) is 12.7. The van der Waals surface area contributed by atoms with E-state index in [0.717, 1.165) is 17.5 Å². The Balaban J connectivity index is 1.77. The Kier molecular flexibility index (Phi) is 7.88. The maximum absolute atomic E-state index is 12.7. The molecular formula is C28H28N2O3. The van der Waals surface area contributed by atoms with Gasteiger partial charge in [-0.1, -0.05) is 60.5 Å². The SMILES string of the molecule is CCc1ccccc1NC(=O)/C(C#N)=C/c1ccc(OCc2cc(C)cc(C)c2)c(OC)c1. The zero-order valence-electron chi connectivity index (χ0n) is 19.4. The van der Waals surface area contributed by atoms with Crippen molar-refractivity contribution in [1.82, 2.24) is 0 Å². The number of ether oxygens (including phenoxy) is 2. The van der Waals surface area contributed by atoms with Crippen molar-refractivity contribution in [3.63, 3.8) is 0 Å². The summed E-state index contributed by atoms with van der Waals surface area (Å²) in [6.45, 7) is 6.54. The molecule has 0 aliphatic heterocycles. The molecule has 33 heavy (non-hydrogen) atoms. The fraction of sp³-hybridized carbons (Fsp3) is 0.214. The summed E-state index contributed by atoms with van der Waals surface area (Å²) in [5.74, 6) is 0.670. The minimum Gasteiger partial charge on any atom is -0.493 e. The lowest BCUT2D eigenvalue weighted by Crippen LogP contribution is -2.14. The van der Waals surface area contributed by atoms with Gasteiger partial charge in [-0.15, -0.1) is 0 Å². The lowest BCUT2D eigenvalue weighted by molar-refractivity contribution is -0.112. The first-order valence-electron chi connectivity index (χ1n) is 10.8. The Morgan fingerprint density at radius 1 is 1.03 bits per heavy atom. The summed E-state index contributed by atoms with van der Waals surface area (Å²) in [5.41, 5.74) is 5.84. The maximum atomic E-state index is 12.7. The highest BCUT2D eigenvalue weighted by Crippen LogP contribution is 2.30. The topological polar surface area (TPSA) is 71.4 Å². The largest absolute Gasteiger partial charge is 0.493 e. The van der Waals surface area contributed by atoms with Crippen LogP contribution in [0.4, 0.5) is 5.69 Å². The molecule has 0 unspecified atom stereocenters. The van der Waals surface area contributed by atoms with Crippen LogP contribution in [0.15, 0.2) is 66.2 Å². The Morgan fingerprint density at radius 3 is 2.42 bits per heavy atom. The third-order valence-electron chi connectivity index (χ3n) is 5.19. The number of hydrogen-bond donors (Lipinski definition) is 1. The number of nitriles is 1. The number of anilines is 1. The number of nitrogens with one attached hydrogen (secondary N) is 1. The molecular weight excluding hydrogens is 412 g/mol. The highest BCUT2D eigenvalue weighted by molar-refractivity contribution is 6.10. The number of carbonyl (C=O) groups is 1. The Bertz CT molecular complexity index is 1200. The van der Waals surface area contributed by atoms with Crippen LogP contribution in [-0.4, -0.2) is 13.0 Å². The van der Waals surface area contributed by atoms with Crippen LogP contribution < -0.4 is 14.8 Å². The average molecular weight is 441 g/mol.